The van der Waals surface area contributed by atoms with Crippen LogP contribution in [0, 0.1) is 5.92 Å². The Balaban J connectivity index is 2.73. The zero-order valence-electron chi connectivity index (χ0n) is 13.3. The van der Waals surface area contributed by atoms with E-state index >= 15 is 0 Å². The summed E-state index contributed by atoms with van der Waals surface area (Å²) in [5.41, 5.74) is 1.49. The summed E-state index contributed by atoms with van der Waals surface area (Å²) in [6, 6.07) is 8.39. The Bertz CT molecular complexity index is 381. The summed E-state index contributed by atoms with van der Waals surface area (Å²) in [4.78, 5) is 0. The molecule has 0 saturated heterocycles. The van der Waals surface area contributed by atoms with Gasteiger partial charge in [-0.3, -0.25) is 0 Å². The predicted octanol–water partition coefficient (Wildman–Crippen LogP) is 4.21. The summed E-state index contributed by atoms with van der Waals surface area (Å²) in [5, 5.41) is 3.58. The second kappa shape index (κ2) is 6.95. The molecule has 0 spiro atoms. The fourth-order valence-electron chi connectivity index (χ4n) is 2.09. The van der Waals surface area contributed by atoms with Crippen LogP contribution in [0.2, 0.25) is 0 Å². The molecule has 0 aliphatic heterocycles. The van der Waals surface area contributed by atoms with Crippen molar-refractivity contribution in [3.63, 3.8) is 0 Å². The fraction of sp³-hybridized carbons (Fsp3) is 0.647. The summed E-state index contributed by atoms with van der Waals surface area (Å²) in [5.74, 6) is 2.08. The lowest BCUT2D eigenvalue weighted by molar-refractivity contribution is 0.323. The van der Waals surface area contributed by atoms with Gasteiger partial charge in [0.1, 0.15) is 5.75 Å². The number of hydrogen-bond donors (Lipinski definition) is 1. The number of rotatable bonds is 6. The van der Waals surface area contributed by atoms with E-state index in [-0.39, 0.29) is 5.54 Å². The molecular formula is C17H29NO. The van der Waals surface area contributed by atoms with Gasteiger partial charge in [-0.1, -0.05) is 32.0 Å². The average molecular weight is 263 g/mol. The van der Waals surface area contributed by atoms with Crippen LogP contribution in [0.1, 0.15) is 53.0 Å². The second-order valence-corrected chi connectivity index (χ2v) is 6.37. The van der Waals surface area contributed by atoms with Gasteiger partial charge in [0.25, 0.3) is 0 Å². The fourth-order valence-corrected chi connectivity index (χ4v) is 2.09. The van der Waals surface area contributed by atoms with Gasteiger partial charge in [-0.25, -0.2) is 0 Å². The van der Waals surface area contributed by atoms with Crippen LogP contribution in [0.25, 0.3) is 0 Å². The maximum absolute atomic E-state index is 5.73. The first kappa shape index (κ1) is 16.0. The molecular weight excluding hydrogens is 234 g/mol. The molecule has 2 unspecified atom stereocenters. The van der Waals surface area contributed by atoms with Crippen LogP contribution >= 0.6 is 0 Å². The highest BCUT2D eigenvalue weighted by Crippen LogP contribution is 2.31. The maximum Gasteiger partial charge on any atom is 0.122 e. The molecule has 2 heteroatoms. The second-order valence-electron chi connectivity index (χ2n) is 6.37. The van der Waals surface area contributed by atoms with E-state index in [1.807, 2.05) is 13.0 Å². The summed E-state index contributed by atoms with van der Waals surface area (Å²) >= 11 is 0. The Kier molecular flexibility index (Phi) is 5.86. The van der Waals surface area contributed by atoms with E-state index in [0.29, 0.717) is 11.8 Å². The number of nitrogens with one attached hydrogen (secondary N) is 1. The van der Waals surface area contributed by atoms with Gasteiger partial charge in [0.15, 0.2) is 0 Å². The van der Waals surface area contributed by atoms with Crippen molar-refractivity contribution in [1.82, 2.24) is 5.32 Å². The Morgan fingerprint density at radius 1 is 1.16 bits per heavy atom. The molecule has 1 rings (SSSR count). The van der Waals surface area contributed by atoms with Gasteiger partial charge >= 0.3 is 0 Å². The Morgan fingerprint density at radius 2 is 1.79 bits per heavy atom. The van der Waals surface area contributed by atoms with E-state index < -0.39 is 0 Å². The number of para-hydroxylation sites is 1. The van der Waals surface area contributed by atoms with E-state index in [1.165, 1.54) is 5.56 Å². The van der Waals surface area contributed by atoms with E-state index in [1.54, 1.807) is 0 Å². The van der Waals surface area contributed by atoms with Crippen LogP contribution in [0.15, 0.2) is 24.3 Å². The number of benzene rings is 1. The minimum Gasteiger partial charge on any atom is -0.494 e. The lowest BCUT2D eigenvalue weighted by Gasteiger charge is -2.27. The average Bonchev–Trinajstić information content (AvgIpc) is 2.35. The van der Waals surface area contributed by atoms with E-state index in [9.17, 15) is 0 Å². The summed E-state index contributed by atoms with van der Waals surface area (Å²) < 4.78 is 5.73. The van der Waals surface area contributed by atoms with Crippen LogP contribution in [0.4, 0.5) is 0 Å². The van der Waals surface area contributed by atoms with Crippen LogP contribution in [0.3, 0.4) is 0 Å². The molecule has 0 aliphatic carbocycles. The smallest absolute Gasteiger partial charge is 0.122 e. The molecule has 0 bridgehead atoms. The van der Waals surface area contributed by atoms with Crippen molar-refractivity contribution in [2.75, 3.05) is 13.2 Å². The van der Waals surface area contributed by atoms with Crippen molar-refractivity contribution in [2.45, 2.75) is 53.0 Å². The topological polar surface area (TPSA) is 21.3 Å². The molecule has 2 nitrogen and oxygen atoms in total. The van der Waals surface area contributed by atoms with Crippen LogP contribution in [0.5, 0.6) is 5.75 Å². The van der Waals surface area contributed by atoms with Gasteiger partial charge in [0, 0.05) is 5.54 Å². The normalized spacial score (nSPS) is 15.1. The molecule has 0 aliphatic rings. The summed E-state index contributed by atoms with van der Waals surface area (Å²) in [6.45, 7) is 15.0. The first-order valence-corrected chi connectivity index (χ1v) is 7.32. The standard InChI is InChI=1S/C17H29NO/c1-7-19-16-11-9-8-10-15(16)14(3)13(2)12-18-17(4,5)6/h8-11,13-14,18H,7,12H2,1-6H3. The lowest BCUT2D eigenvalue weighted by Crippen LogP contribution is -2.39. The molecule has 0 heterocycles. The Labute approximate surface area is 118 Å². The SMILES string of the molecule is CCOc1ccccc1C(C)C(C)CNC(C)(C)C. The highest BCUT2D eigenvalue weighted by Gasteiger charge is 2.19. The van der Waals surface area contributed by atoms with E-state index in [4.69, 9.17) is 4.74 Å². The third kappa shape index (κ3) is 5.23. The van der Waals surface area contributed by atoms with Gasteiger partial charge in [-0.2, -0.15) is 0 Å². The third-order valence-electron chi connectivity index (χ3n) is 3.52. The molecule has 19 heavy (non-hydrogen) atoms. The molecule has 1 aromatic rings. The highest BCUT2D eigenvalue weighted by atomic mass is 16.5. The van der Waals surface area contributed by atoms with Gasteiger partial charge in [-0.15, -0.1) is 0 Å². The van der Waals surface area contributed by atoms with Crippen LogP contribution in [-0.4, -0.2) is 18.7 Å². The maximum atomic E-state index is 5.73. The minimum absolute atomic E-state index is 0.174. The molecule has 0 fully saturated rings. The van der Waals surface area contributed by atoms with Crippen molar-refractivity contribution in [1.29, 1.82) is 0 Å². The zero-order chi connectivity index (χ0) is 14.5. The quantitative estimate of drug-likeness (QED) is 0.830. The van der Waals surface area contributed by atoms with Gasteiger partial charge in [0.05, 0.1) is 6.61 Å². The Morgan fingerprint density at radius 3 is 2.37 bits per heavy atom. The van der Waals surface area contributed by atoms with Crippen molar-refractivity contribution < 1.29 is 4.74 Å². The molecule has 2 atom stereocenters. The monoisotopic (exact) mass is 263 g/mol. The van der Waals surface area contributed by atoms with Crippen molar-refractivity contribution in [3.05, 3.63) is 29.8 Å². The summed E-state index contributed by atoms with van der Waals surface area (Å²) in [7, 11) is 0. The van der Waals surface area contributed by atoms with Crippen LogP contribution < -0.4 is 10.1 Å². The molecule has 1 aromatic carbocycles. The first-order valence-electron chi connectivity index (χ1n) is 7.32. The first-order chi connectivity index (χ1) is 8.85. The zero-order valence-corrected chi connectivity index (χ0v) is 13.3. The van der Waals surface area contributed by atoms with Gasteiger partial charge in [-0.05, 0) is 57.7 Å². The minimum atomic E-state index is 0.174. The molecule has 0 amide bonds. The molecule has 1 N–H and O–H groups in total. The van der Waals surface area contributed by atoms with Crippen molar-refractivity contribution in [3.8, 4) is 5.75 Å². The Hall–Kier alpha value is -1.02. The molecule has 0 saturated carbocycles. The van der Waals surface area contributed by atoms with Gasteiger partial charge < -0.3 is 10.1 Å². The molecule has 0 radical (unpaired) electrons. The largest absolute Gasteiger partial charge is 0.494 e. The highest BCUT2D eigenvalue weighted by molar-refractivity contribution is 5.36. The van der Waals surface area contributed by atoms with E-state index in [2.05, 4.69) is 58.1 Å². The number of hydrogen-bond acceptors (Lipinski definition) is 2. The lowest BCUT2D eigenvalue weighted by atomic mass is 9.87. The molecule has 108 valence electrons. The predicted molar refractivity (Wildman–Crippen MR) is 82.9 cm³/mol. The van der Waals surface area contributed by atoms with Crippen molar-refractivity contribution in [2.24, 2.45) is 5.92 Å². The van der Waals surface area contributed by atoms with Crippen molar-refractivity contribution >= 4 is 0 Å². The number of ether oxygens (including phenoxy) is 1. The van der Waals surface area contributed by atoms with E-state index in [0.717, 1.165) is 18.9 Å². The van der Waals surface area contributed by atoms with Gasteiger partial charge in [0.2, 0.25) is 0 Å². The van der Waals surface area contributed by atoms with Crippen LogP contribution in [-0.2, 0) is 0 Å². The molecule has 0 aromatic heterocycles. The summed E-state index contributed by atoms with van der Waals surface area (Å²) in [6.07, 6.45) is 0. The third-order valence-corrected chi connectivity index (χ3v) is 3.52.